The Morgan fingerprint density at radius 2 is 2.22 bits per heavy atom. The second kappa shape index (κ2) is 5.89. The largest absolute Gasteiger partial charge is 0.496 e. The number of anilines is 1. The first kappa shape index (κ1) is 14.6. The van der Waals surface area contributed by atoms with Crippen molar-refractivity contribution in [3.8, 4) is 5.75 Å². The van der Waals surface area contributed by atoms with Crippen molar-refractivity contribution in [3.05, 3.63) is 42.1 Å². The monoisotopic (exact) mass is 312 g/mol. The van der Waals surface area contributed by atoms with Crippen LogP contribution in [0.3, 0.4) is 0 Å². The third kappa shape index (κ3) is 2.81. The number of aromatic nitrogens is 2. The summed E-state index contributed by atoms with van der Waals surface area (Å²) in [5, 5.41) is 11.5. The van der Waals surface area contributed by atoms with Gasteiger partial charge in [0.1, 0.15) is 11.6 Å². The van der Waals surface area contributed by atoms with Gasteiger partial charge >= 0.3 is 0 Å². The summed E-state index contributed by atoms with van der Waals surface area (Å²) >= 11 is 0. The average Bonchev–Trinajstić information content (AvgIpc) is 3.23. The highest BCUT2D eigenvalue weighted by atomic mass is 16.5. The fraction of sp³-hybridized carbons (Fsp3) is 0.500. The molecule has 1 atom stereocenters. The Morgan fingerprint density at radius 1 is 1.35 bits per heavy atom. The fourth-order valence-corrected chi connectivity index (χ4v) is 3.61. The Morgan fingerprint density at radius 3 is 3.04 bits per heavy atom. The quantitative estimate of drug-likeness (QED) is 0.859. The van der Waals surface area contributed by atoms with Gasteiger partial charge in [-0.2, -0.15) is 5.10 Å². The molecule has 0 radical (unpaired) electrons. The van der Waals surface area contributed by atoms with Gasteiger partial charge in [0.25, 0.3) is 0 Å². The summed E-state index contributed by atoms with van der Waals surface area (Å²) in [5.74, 6) is 2.73. The van der Waals surface area contributed by atoms with Crippen molar-refractivity contribution in [2.75, 3.05) is 32.1 Å². The van der Waals surface area contributed by atoms with E-state index in [1.807, 2.05) is 18.3 Å². The smallest absolute Gasteiger partial charge is 0.124 e. The first-order valence-electron chi connectivity index (χ1n) is 8.41. The summed E-state index contributed by atoms with van der Waals surface area (Å²) in [6.07, 6.45) is 4.35. The van der Waals surface area contributed by atoms with E-state index in [1.165, 1.54) is 18.4 Å². The molecule has 5 nitrogen and oxygen atoms in total. The lowest BCUT2D eigenvalue weighted by Crippen LogP contribution is -2.38. The van der Waals surface area contributed by atoms with E-state index in [9.17, 15) is 0 Å². The number of fused-ring (bicyclic) bond motifs is 1. The van der Waals surface area contributed by atoms with Crippen molar-refractivity contribution < 1.29 is 4.74 Å². The first-order valence-corrected chi connectivity index (χ1v) is 8.41. The molecule has 1 fully saturated rings. The molecule has 0 bridgehead atoms. The molecule has 0 saturated heterocycles. The van der Waals surface area contributed by atoms with Gasteiger partial charge in [-0.15, -0.1) is 0 Å². The van der Waals surface area contributed by atoms with Crippen LogP contribution in [0.25, 0.3) is 0 Å². The third-order valence-electron chi connectivity index (χ3n) is 5.15. The Kier molecular flexibility index (Phi) is 3.73. The highest BCUT2D eigenvalue weighted by Crippen LogP contribution is 2.50. The number of benzene rings is 1. The maximum absolute atomic E-state index is 5.55. The summed E-state index contributed by atoms with van der Waals surface area (Å²) < 4.78 is 7.61. The minimum absolute atomic E-state index is 0.269. The van der Waals surface area contributed by atoms with Crippen LogP contribution in [-0.2, 0) is 12.0 Å². The molecule has 0 amide bonds. The van der Waals surface area contributed by atoms with Crippen LogP contribution in [0.15, 0.2) is 36.5 Å². The number of hydrogen-bond acceptors (Lipinski definition) is 4. The van der Waals surface area contributed by atoms with E-state index in [1.54, 1.807) is 7.11 Å². The predicted octanol–water partition coefficient (Wildman–Crippen LogP) is 2.25. The van der Waals surface area contributed by atoms with E-state index in [4.69, 9.17) is 4.74 Å². The van der Waals surface area contributed by atoms with Crippen molar-refractivity contribution >= 4 is 5.82 Å². The zero-order valence-electron chi connectivity index (χ0n) is 13.6. The molecule has 1 aliphatic heterocycles. The molecule has 2 N–H and O–H groups in total. The van der Waals surface area contributed by atoms with Crippen LogP contribution in [0.2, 0.25) is 0 Å². The number of methoxy groups -OCH3 is 1. The van der Waals surface area contributed by atoms with Crippen molar-refractivity contribution in [2.45, 2.75) is 24.8 Å². The van der Waals surface area contributed by atoms with Crippen molar-refractivity contribution in [1.82, 2.24) is 15.1 Å². The lowest BCUT2D eigenvalue weighted by atomic mass is 9.94. The zero-order chi connectivity index (χ0) is 15.7. The molecule has 23 heavy (non-hydrogen) atoms. The number of nitrogens with zero attached hydrogens (tertiary/aromatic N) is 2. The maximum Gasteiger partial charge on any atom is 0.124 e. The molecule has 1 saturated carbocycles. The van der Waals surface area contributed by atoms with Crippen LogP contribution < -0.4 is 15.4 Å². The maximum atomic E-state index is 5.55. The topological polar surface area (TPSA) is 51.1 Å². The molecule has 4 rings (SSSR count). The van der Waals surface area contributed by atoms with E-state index < -0.39 is 0 Å². The van der Waals surface area contributed by atoms with Gasteiger partial charge in [-0.05, 0) is 18.9 Å². The van der Waals surface area contributed by atoms with Crippen LogP contribution in [0, 0.1) is 5.92 Å². The normalized spacial score (nSPS) is 21.3. The Hall–Kier alpha value is -2.01. The predicted molar refractivity (Wildman–Crippen MR) is 91.0 cm³/mol. The van der Waals surface area contributed by atoms with Crippen molar-refractivity contribution in [1.29, 1.82) is 0 Å². The molecule has 5 heteroatoms. The Labute approximate surface area is 137 Å². The number of nitrogens with one attached hydrogen (secondary N) is 2. The van der Waals surface area contributed by atoms with Crippen molar-refractivity contribution in [3.63, 3.8) is 0 Å². The van der Waals surface area contributed by atoms with E-state index in [2.05, 4.69) is 38.6 Å². The highest BCUT2D eigenvalue weighted by molar-refractivity contribution is 5.43. The zero-order valence-corrected chi connectivity index (χ0v) is 13.6. The molecule has 0 unspecified atom stereocenters. The van der Waals surface area contributed by atoms with E-state index in [0.29, 0.717) is 5.92 Å². The summed E-state index contributed by atoms with van der Waals surface area (Å²) in [4.78, 5) is 0. The number of rotatable bonds is 6. The minimum Gasteiger partial charge on any atom is -0.496 e. The molecule has 122 valence electrons. The average molecular weight is 312 g/mol. The van der Waals surface area contributed by atoms with Crippen LogP contribution >= 0.6 is 0 Å². The van der Waals surface area contributed by atoms with Gasteiger partial charge in [-0.25, -0.2) is 4.68 Å². The molecular weight excluding hydrogens is 288 g/mol. The van der Waals surface area contributed by atoms with Gasteiger partial charge in [-0.3, -0.25) is 0 Å². The van der Waals surface area contributed by atoms with Gasteiger partial charge in [-0.1, -0.05) is 18.2 Å². The number of para-hydroxylation sites is 1. The van der Waals surface area contributed by atoms with Crippen LogP contribution in [0.5, 0.6) is 5.75 Å². The molecule has 2 aliphatic rings. The summed E-state index contributed by atoms with van der Waals surface area (Å²) in [7, 11) is 1.76. The van der Waals surface area contributed by atoms with Gasteiger partial charge in [0.05, 0.1) is 13.3 Å². The molecule has 0 spiro atoms. The van der Waals surface area contributed by atoms with Gasteiger partial charge in [0.15, 0.2) is 0 Å². The number of ether oxygens (including phenoxy) is 1. The second-order valence-electron chi connectivity index (χ2n) is 6.76. The molecule has 2 heterocycles. The third-order valence-corrected chi connectivity index (χ3v) is 5.15. The van der Waals surface area contributed by atoms with Crippen LogP contribution in [0.1, 0.15) is 18.4 Å². The SMILES string of the molecule is COc1ccccc1C1(CNC[C@@H]2CNc3ccnn3C2)CC1. The highest BCUT2D eigenvalue weighted by Gasteiger charge is 2.45. The van der Waals surface area contributed by atoms with Gasteiger partial charge in [0, 0.05) is 49.1 Å². The van der Waals surface area contributed by atoms with Gasteiger partial charge < -0.3 is 15.4 Å². The molecule has 1 aromatic heterocycles. The molecule has 1 aromatic carbocycles. The van der Waals surface area contributed by atoms with Crippen molar-refractivity contribution in [2.24, 2.45) is 5.92 Å². The van der Waals surface area contributed by atoms with Crippen LogP contribution in [-0.4, -0.2) is 36.5 Å². The van der Waals surface area contributed by atoms with E-state index in [0.717, 1.165) is 37.7 Å². The summed E-state index contributed by atoms with van der Waals surface area (Å²) in [5.41, 5.74) is 1.62. The van der Waals surface area contributed by atoms with Gasteiger partial charge in [0.2, 0.25) is 0 Å². The minimum atomic E-state index is 0.269. The molecular formula is C18H24N4O. The Balaban J connectivity index is 1.35. The van der Waals surface area contributed by atoms with Crippen LogP contribution in [0.4, 0.5) is 5.82 Å². The van der Waals surface area contributed by atoms with E-state index in [-0.39, 0.29) is 5.41 Å². The Bertz CT molecular complexity index is 677. The lowest BCUT2D eigenvalue weighted by Gasteiger charge is -2.26. The fourth-order valence-electron chi connectivity index (χ4n) is 3.61. The first-order chi connectivity index (χ1) is 11.3. The standard InChI is InChI=1S/C18H24N4O/c1-23-16-5-3-2-4-15(16)18(7-8-18)13-19-10-14-11-20-17-6-9-21-22(17)12-14/h2-6,9,14,19-20H,7-8,10-13H2,1H3/t14-/m1/s1. The van der Waals surface area contributed by atoms with E-state index >= 15 is 0 Å². The second-order valence-corrected chi connectivity index (χ2v) is 6.76. The lowest BCUT2D eigenvalue weighted by molar-refractivity contribution is 0.378. The summed E-state index contributed by atoms with van der Waals surface area (Å²) in [6.45, 7) is 4.05. The summed E-state index contributed by atoms with van der Waals surface area (Å²) in [6, 6.07) is 10.5. The number of hydrogen-bond donors (Lipinski definition) is 2. The molecule has 2 aromatic rings. The molecule has 1 aliphatic carbocycles.